The van der Waals surface area contributed by atoms with Crippen molar-refractivity contribution in [2.24, 2.45) is 0 Å². The lowest BCUT2D eigenvalue weighted by Gasteiger charge is -2.10. The Balaban J connectivity index is 1.89. The Morgan fingerprint density at radius 2 is 1.43 bits per heavy atom. The van der Waals surface area contributed by atoms with E-state index in [0.29, 0.717) is 17.4 Å². The number of aryl methyl sites for hydroxylation is 1. The van der Waals surface area contributed by atoms with Crippen molar-refractivity contribution in [3.63, 3.8) is 0 Å². The first-order valence-corrected chi connectivity index (χ1v) is 9.02. The molecule has 0 spiro atoms. The highest BCUT2D eigenvalue weighted by Crippen LogP contribution is 2.37. The Labute approximate surface area is 163 Å². The summed E-state index contributed by atoms with van der Waals surface area (Å²) in [6, 6.07) is 14.6. The van der Waals surface area contributed by atoms with Gasteiger partial charge in [-0.3, -0.25) is 10.1 Å². The number of benzene rings is 2. The minimum Gasteiger partial charge on any atom is -0.433 e. The van der Waals surface area contributed by atoms with Gasteiger partial charge in [-0.05, 0) is 47.7 Å². The first-order valence-electron chi connectivity index (χ1n) is 9.02. The van der Waals surface area contributed by atoms with E-state index in [2.05, 4.69) is 23.8 Å². The summed E-state index contributed by atoms with van der Waals surface area (Å²) in [4.78, 5) is 18.9. The first-order chi connectivity index (χ1) is 13.5. The lowest BCUT2D eigenvalue weighted by molar-refractivity contribution is -0.387. The van der Waals surface area contributed by atoms with E-state index >= 15 is 0 Å². The van der Waals surface area contributed by atoms with E-state index < -0.39 is 10.6 Å². The van der Waals surface area contributed by atoms with Crippen LogP contribution >= 0.6 is 0 Å². The van der Waals surface area contributed by atoms with Gasteiger partial charge >= 0.3 is 17.4 Å². The predicted octanol–water partition coefficient (Wildman–Crippen LogP) is 5.66. The van der Waals surface area contributed by atoms with Crippen molar-refractivity contribution in [2.75, 3.05) is 0 Å². The molecule has 0 N–H and O–H groups in total. The predicted molar refractivity (Wildman–Crippen MR) is 105 cm³/mol. The third kappa shape index (κ3) is 4.43. The minimum absolute atomic E-state index is 0.168. The van der Waals surface area contributed by atoms with Crippen LogP contribution in [0, 0.1) is 10.1 Å². The van der Waals surface area contributed by atoms with Gasteiger partial charge in [0.05, 0.1) is 4.92 Å². The van der Waals surface area contributed by atoms with E-state index in [0.717, 1.165) is 17.5 Å². The van der Waals surface area contributed by atoms with Crippen LogP contribution in [0.4, 0.5) is 5.69 Å². The van der Waals surface area contributed by atoms with Crippen LogP contribution in [-0.2, 0) is 6.42 Å². The molecule has 3 aromatic rings. The van der Waals surface area contributed by atoms with Crippen LogP contribution in [0.15, 0.2) is 54.9 Å². The molecule has 0 atom stereocenters. The van der Waals surface area contributed by atoms with Crippen LogP contribution in [0.2, 0.25) is 0 Å². The number of nitrogens with zero attached hydrogens (tertiary/aromatic N) is 3. The molecule has 3 rings (SSSR count). The molecule has 28 heavy (non-hydrogen) atoms. The molecule has 0 unspecified atom stereocenters. The van der Waals surface area contributed by atoms with Crippen LogP contribution < -0.4 is 9.47 Å². The topological polar surface area (TPSA) is 87.4 Å². The Kier molecular flexibility index (Phi) is 5.84. The molecule has 1 aromatic heterocycles. The van der Waals surface area contributed by atoms with Crippen molar-refractivity contribution in [1.82, 2.24) is 9.97 Å². The molecular weight excluding hydrogens is 358 g/mol. The fourth-order valence-electron chi connectivity index (χ4n) is 2.59. The summed E-state index contributed by atoms with van der Waals surface area (Å²) in [5.74, 6) is 0.938. The summed E-state index contributed by atoms with van der Waals surface area (Å²) in [6.45, 7) is 6.21. The van der Waals surface area contributed by atoms with E-state index in [4.69, 9.17) is 9.47 Å². The van der Waals surface area contributed by atoms with Crippen LogP contribution in [0.25, 0.3) is 0 Å². The fourth-order valence-corrected chi connectivity index (χ4v) is 2.59. The standard InChI is InChI=1S/C21H21N3O4/c1-4-15-5-9-17(10-6-15)27-20-19(24(25)26)21(23-13-22-20)28-18-11-7-16(8-12-18)14(2)3/h5-14H,4H2,1-3H3. The maximum Gasteiger partial charge on any atom is 0.393 e. The van der Waals surface area contributed by atoms with E-state index in [9.17, 15) is 10.1 Å². The van der Waals surface area contributed by atoms with Gasteiger partial charge in [0.1, 0.15) is 17.8 Å². The zero-order chi connectivity index (χ0) is 20.1. The van der Waals surface area contributed by atoms with Gasteiger partial charge in [0.25, 0.3) is 0 Å². The maximum absolute atomic E-state index is 11.6. The number of hydrogen-bond acceptors (Lipinski definition) is 6. The van der Waals surface area contributed by atoms with E-state index in [-0.39, 0.29) is 11.8 Å². The average Bonchev–Trinajstić information content (AvgIpc) is 2.69. The van der Waals surface area contributed by atoms with Gasteiger partial charge < -0.3 is 9.47 Å². The van der Waals surface area contributed by atoms with Gasteiger partial charge in [-0.2, -0.15) is 9.97 Å². The average molecular weight is 379 g/mol. The SMILES string of the molecule is CCc1ccc(Oc2ncnc(Oc3ccc(C(C)C)cc3)c2[N+](=O)[O-])cc1. The Morgan fingerprint density at radius 1 is 0.929 bits per heavy atom. The third-order valence-electron chi connectivity index (χ3n) is 4.25. The molecule has 0 amide bonds. The third-order valence-corrected chi connectivity index (χ3v) is 4.25. The quantitative estimate of drug-likeness (QED) is 0.389. The van der Waals surface area contributed by atoms with Gasteiger partial charge in [-0.1, -0.05) is 45.0 Å². The molecule has 0 saturated heterocycles. The molecule has 0 fully saturated rings. The van der Waals surface area contributed by atoms with Gasteiger partial charge in [-0.15, -0.1) is 0 Å². The summed E-state index contributed by atoms with van der Waals surface area (Å²) in [7, 11) is 0. The first kappa shape index (κ1) is 19.3. The second-order valence-corrected chi connectivity index (χ2v) is 6.52. The lowest BCUT2D eigenvalue weighted by Crippen LogP contribution is -2.01. The summed E-state index contributed by atoms with van der Waals surface area (Å²) in [5.41, 5.74) is 1.86. The largest absolute Gasteiger partial charge is 0.433 e. The summed E-state index contributed by atoms with van der Waals surface area (Å²) in [5, 5.41) is 11.6. The van der Waals surface area contributed by atoms with E-state index in [1.165, 1.54) is 6.33 Å². The summed E-state index contributed by atoms with van der Waals surface area (Å²) < 4.78 is 11.3. The van der Waals surface area contributed by atoms with Crippen LogP contribution in [0.5, 0.6) is 23.3 Å². The van der Waals surface area contributed by atoms with Gasteiger partial charge in [-0.25, -0.2) is 0 Å². The van der Waals surface area contributed by atoms with Crippen molar-refractivity contribution < 1.29 is 14.4 Å². The molecule has 0 aliphatic carbocycles. The Hall–Kier alpha value is -3.48. The zero-order valence-corrected chi connectivity index (χ0v) is 16.0. The van der Waals surface area contributed by atoms with Crippen LogP contribution in [0.3, 0.4) is 0 Å². The van der Waals surface area contributed by atoms with E-state index in [1.807, 2.05) is 31.2 Å². The van der Waals surface area contributed by atoms with Crippen LogP contribution in [-0.4, -0.2) is 14.9 Å². The van der Waals surface area contributed by atoms with Crippen molar-refractivity contribution in [2.45, 2.75) is 33.1 Å². The number of aromatic nitrogens is 2. The molecule has 7 nitrogen and oxygen atoms in total. The molecule has 0 bridgehead atoms. The second kappa shape index (κ2) is 8.47. The van der Waals surface area contributed by atoms with Gasteiger partial charge in [0.2, 0.25) is 0 Å². The van der Waals surface area contributed by atoms with Gasteiger partial charge in [0, 0.05) is 0 Å². The molecule has 0 aliphatic heterocycles. The van der Waals surface area contributed by atoms with Crippen molar-refractivity contribution in [1.29, 1.82) is 0 Å². The highest BCUT2D eigenvalue weighted by molar-refractivity contribution is 5.52. The summed E-state index contributed by atoms with van der Waals surface area (Å²) >= 11 is 0. The minimum atomic E-state index is -0.604. The monoisotopic (exact) mass is 379 g/mol. The molecule has 0 saturated carbocycles. The molecule has 7 heteroatoms. The molecule has 144 valence electrons. The number of ether oxygens (including phenoxy) is 2. The number of rotatable bonds is 7. The zero-order valence-electron chi connectivity index (χ0n) is 16.0. The van der Waals surface area contributed by atoms with Gasteiger partial charge in [0.15, 0.2) is 0 Å². The number of hydrogen-bond donors (Lipinski definition) is 0. The van der Waals surface area contributed by atoms with E-state index in [1.54, 1.807) is 24.3 Å². The van der Waals surface area contributed by atoms with Crippen molar-refractivity contribution in [3.05, 3.63) is 76.1 Å². The number of nitro groups is 1. The molecule has 0 aliphatic rings. The normalized spacial score (nSPS) is 10.7. The molecule has 2 aromatic carbocycles. The second-order valence-electron chi connectivity index (χ2n) is 6.52. The summed E-state index contributed by atoms with van der Waals surface area (Å²) in [6.07, 6.45) is 2.07. The van der Waals surface area contributed by atoms with Crippen molar-refractivity contribution in [3.8, 4) is 23.3 Å². The Morgan fingerprint density at radius 3 is 1.86 bits per heavy atom. The fraction of sp³-hybridized carbons (Fsp3) is 0.238. The van der Waals surface area contributed by atoms with Crippen molar-refractivity contribution >= 4 is 5.69 Å². The Bertz CT molecular complexity index is 954. The smallest absolute Gasteiger partial charge is 0.393 e. The maximum atomic E-state index is 11.6. The molecule has 1 heterocycles. The highest BCUT2D eigenvalue weighted by atomic mass is 16.6. The highest BCUT2D eigenvalue weighted by Gasteiger charge is 2.27. The lowest BCUT2D eigenvalue weighted by atomic mass is 10.0. The van der Waals surface area contributed by atoms with Crippen LogP contribution in [0.1, 0.15) is 37.8 Å². The molecule has 0 radical (unpaired) electrons. The molecular formula is C21H21N3O4.